The average molecular weight is 449 g/mol. The Morgan fingerprint density at radius 3 is 2.00 bits per heavy atom. The Hall–Kier alpha value is -1.64. The van der Waals surface area contributed by atoms with Crippen LogP contribution in [0, 0.1) is 11.3 Å². The fourth-order valence-corrected chi connectivity index (χ4v) is 3.92. The fraction of sp³-hybridized carbons (Fsp3) is 0.357. The van der Waals surface area contributed by atoms with E-state index in [0.717, 1.165) is 0 Å². The molecule has 0 fully saturated rings. The van der Waals surface area contributed by atoms with Crippen molar-refractivity contribution in [3.8, 4) is 6.07 Å². The summed E-state index contributed by atoms with van der Waals surface area (Å²) in [6.45, 7) is 0. The molecular weight excluding hydrogens is 441 g/mol. The highest BCUT2D eigenvalue weighted by atomic mass is 35.5. The second-order valence-corrected chi connectivity index (χ2v) is 7.32. The van der Waals surface area contributed by atoms with Gasteiger partial charge in [0.15, 0.2) is 5.82 Å². The number of nitriles is 1. The van der Waals surface area contributed by atoms with Gasteiger partial charge in [-0.05, 0) is 23.9 Å². The Kier molecular flexibility index (Phi) is 5.67. The van der Waals surface area contributed by atoms with E-state index in [0.29, 0.717) is 12.1 Å². The van der Waals surface area contributed by atoms with Gasteiger partial charge in [0.05, 0.1) is 10.5 Å². The molecule has 0 bridgehead atoms. The third kappa shape index (κ3) is 4.12. The Bertz CT molecular complexity index is 849. The van der Waals surface area contributed by atoms with Crippen molar-refractivity contribution >= 4 is 35.0 Å². The normalized spacial score (nSPS) is 20.2. The van der Waals surface area contributed by atoms with E-state index < -0.39 is 55.1 Å². The molecule has 1 aliphatic rings. The quantitative estimate of drug-likeness (QED) is 0.518. The van der Waals surface area contributed by atoms with Gasteiger partial charge >= 0.3 is 11.7 Å². The second-order valence-electron chi connectivity index (χ2n) is 5.43. The molecule has 4 nitrogen and oxygen atoms in total. The van der Waals surface area contributed by atoms with Crippen LogP contribution in [0.2, 0.25) is 10.0 Å². The number of rotatable bonds is 3. The van der Waals surface area contributed by atoms with Gasteiger partial charge in [0.25, 0.3) is 0 Å². The summed E-state index contributed by atoms with van der Waals surface area (Å²) >= 11 is 11.1. The van der Waals surface area contributed by atoms with Crippen molar-refractivity contribution in [2.24, 2.45) is 10.2 Å². The first kappa shape index (κ1) is 21.7. The van der Waals surface area contributed by atoms with E-state index in [2.05, 4.69) is 10.2 Å². The zero-order chi connectivity index (χ0) is 20.8. The van der Waals surface area contributed by atoms with Crippen LogP contribution in [0.1, 0.15) is 11.1 Å². The Morgan fingerprint density at radius 2 is 1.63 bits per heavy atom. The molecule has 0 aromatic heterocycles. The molecule has 146 valence electrons. The van der Waals surface area contributed by atoms with E-state index >= 15 is 0 Å². The van der Waals surface area contributed by atoms with Crippen LogP contribution in [0.4, 0.5) is 26.3 Å². The van der Waals surface area contributed by atoms with E-state index in [9.17, 15) is 31.6 Å². The van der Waals surface area contributed by atoms with Gasteiger partial charge in [-0.15, -0.1) is 5.11 Å². The van der Waals surface area contributed by atoms with Crippen LogP contribution in [0.25, 0.3) is 0 Å². The van der Waals surface area contributed by atoms with Crippen LogP contribution in [0.15, 0.2) is 33.1 Å². The highest BCUT2D eigenvalue weighted by molar-refractivity contribution is 8.04. The first-order chi connectivity index (χ1) is 12.2. The molecule has 1 unspecified atom stereocenters. The van der Waals surface area contributed by atoms with Crippen molar-refractivity contribution in [2.75, 3.05) is 14.1 Å². The molecule has 1 aromatic carbocycles. The molecule has 1 aromatic rings. The van der Waals surface area contributed by atoms with Crippen LogP contribution in [-0.4, -0.2) is 24.5 Å². The summed E-state index contributed by atoms with van der Waals surface area (Å²) in [6, 6.07) is 2.52. The number of halogens is 8. The van der Waals surface area contributed by atoms with E-state index in [1.807, 2.05) is 0 Å². The number of thioether (sulfide) groups is 1. The minimum atomic E-state index is -4.82. The molecular formula is C14H8Cl2F6N4S. The standard InChI is InChI=1S/C14H8Cl2F6N4S/c1-26(2)11-10(27-14(20,21)22)12(5-23,25-24-11)9-7(15)3-6(4-8(9)16)13(17,18)19/h3-4H,1-2H3. The maximum Gasteiger partial charge on any atom is 0.446 e. The van der Waals surface area contributed by atoms with Crippen molar-refractivity contribution in [1.29, 1.82) is 5.26 Å². The first-order valence-electron chi connectivity index (χ1n) is 6.81. The molecule has 0 radical (unpaired) electrons. The van der Waals surface area contributed by atoms with Gasteiger partial charge in [-0.25, -0.2) is 0 Å². The summed E-state index contributed by atoms with van der Waals surface area (Å²) in [5, 5.41) is 15.5. The second kappa shape index (κ2) is 7.07. The lowest BCUT2D eigenvalue weighted by atomic mass is 9.90. The van der Waals surface area contributed by atoms with E-state index in [4.69, 9.17) is 23.2 Å². The monoisotopic (exact) mass is 448 g/mol. The van der Waals surface area contributed by atoms with Crippen molar-refractivity contribution < 1.29 is 26.3 Å². The number of alkyl halides is 6. The minimum absolute atomic E-state index is 0.286. The molecule has 13 heteroatoms. The van der Waals surface area contributed by atoms with Crippen LogP contribution in [0.3, 0.4) is 0 Å². The summed E-state index contributed by atoms with van der Waals surface area (Å²) in [4.78, 5) is 0.522. The van der Waals surface area contributed by atoms with Crippen LogP contribution < -0.4 is 0 Å². The van der Waals surface area contributed by atoms with E-state index in [1.165, 1.54) is 19.0 Å². The van der Waals surface area contributed by atoms with Crippen molar-refractivity contribution in [1.82, 2.24) is 4.90 Å². The average Bonchev–Trinajstić information content (AvgIpc) is 2.83. The lowest BCUT2D eigenvalue weighted by molar-refractivity contribution is -0.137. The Balaban J connectivity index is 2.78. The van der Waals surface area contributed by atoms with Crippen molar-refractivity contribution in [3.63, 3.8) is 0 Å². The molecule has 1 atom stereocenters. The van der Waals surface area contributed by atoms with Gasteiger partial charge in [-0.3, -0.25) is 0 Å². The number of hydrogen-bond donors (Lipinski definition) is 0. The summed E-state index contributed by atoms with van der Waals surface area (Å²) in [6.07, 6.45) is -4.79. The maximum absolute atomic E-state index is 13.1. The van der Waals surface area contributed by atoms with Gasteiger partial charge in [-0.2, -0.15) is 36.7 Å². The van der Waals surface area contributed by atoms with Crippen LogP contribution in [-0.2, 0) is 11.7 Å². The van der Waals surface area contributed by atoms with E-state index in [1.54, 1.807) is 6.07 Å². The Labute approximate surface area is 163 Å². The van der Waals surface area contributed by atoms with Crippen molar-refractivity contribution in [3.05, 3.63) is 44.0 Å². The van der Waals surface area contributed by atoms with Gasteiger partial charge < -0.3 is 4.90 Å². The number of nitrogens with zero attached hydrogens (tertiary/aromatic N) is 4. The largest absolute Gasteiger partial charge is 0.446 e. The zero-order valence-electron chi connectivity index (χ0n) is 13.4. The summed E-state index contributed by atoms with van der Waals surface area (Å²) in [7, 11) is 2.74. The summed E-state index contributed by atoms with van der Waals surface area (Å²) in [5.74, 6) is -0.286. The molecule has 1 aliphatic heterocycles. The lowest BCUT2D eigenvalue weighted by Crippen LogP contribution is -2.26. The SMILES string of the molecule is CN(C)C1=C(SC(F)(F)F)C(C#N)(c2c(Cl)cc(C(F)(F)F)cc2Cl)N=N1. The summed E-state index contributed by atoms with van der Waals surface area (Å²) < 4.78 is 77.9. The molecule has 0 aliphatic carbocycles. The lowest BCUT2D eigenvalue weighted by Gasteiger charge is -2.25. The zero-order valence-corrected chi connectivity index (χ0v) is 15.7. The molecule has 0 saturated heterocycles. The smallest absolute Gasteiger partial charge is 0.360 e. The van der Waals surface area contributed by atoms with Crippen LogP contribution in [0.5, 0.6) is 0 Å². The fourth-order valence-electron chi connectivity index (χ4n) is 2.28. The minimum Gasteiger partial charge on any atom is -0.360 e. The van der Waals surface area contributed by atoms with Crippen LogP contribution >= 0.6 is 35.0 Å². The number of hydrogen-bond acceptors (Lipinski definition) is 5. The molecule has 27 heavy (non-hydrogen) atoms. The molecule has 2 rings (SSSR count). The number of benzene rings is 1. The molecule has 0 N–H and O–H groups in total. The molecule has 0 amide bonds. The number of azo groups is 1. The molecule has 0 saturated carbocycles. The predicted molar refractivity (Wildman–Crippen MR) is 88.0 cm³/mol. The summed E-state index contributed by atoms with van der Waals surface area (Å²) in [5.41, 5.74) is -8.98. The van der Waals surface area contributed by atoms with Gasteiger partial charge in [0, 0.05) is 29.7 Å². The first-order valence-corrected chi connectivity index (χ1v) is 8.39. The topological polar surface area (TPSA) is 51.8 Å². The molecule has 1 heterocycles. The van der Waals surface area contributed by atoms with Crippen molar-refractivity contribution in [2.45, 2.75) is 17.2 Å². The Morgan fingerprint density at radius 1 is 1.11 bits per heavy atom. The third-order valence-electron chi connectivity index (χ3n) is 3.36. The maximum atomic E-state index is 13.1. The molecule has 0 spiro atoms. The van der Waals surface area contributed by atoms with Gasteiger partial charge in [-0.1, -0.05) is 23.2 Å². The highest BCUT2D eigenvalue weighted by Gasteiger charge is 2.51. The van der Waals surface area contributed by atoms with Gasteiger partial charge in [0.1, 0.15) is 6.07 Å². The van der Waals surface area contributed by atoms with E-state index in [-0.39, 0.29) is 5.82 Å². The van der Waals surface area contributed by atoms with Gasteiger partial charge in [0.2, 0.25) is 5.54 Å². The highest BCUT2D eigenvalue weighted by Crippen LogP contribution is 2.55. The third-order valence-corrected chi connectivity index (χ3v) is 4.87. The predicted octanol–water partition coefficient (Wildman–Crippen LogP) is 6.18.